The number of terminal acetylenes is 1. The Labute approximate surface area is 114 Å². The lowest BCUT2D eigenvalue weighted by atomic mass is 10.2. The summed E-state index contributed by atoms with van der Waals surface area (Å²) in [6, 6.07) is 4.89. The molecule has 1 aromatic carbocycles. The summed E-state index contributed by atoms with van der Waals surface area (Å²) in [4.78, 5) is 11.8. The second-order valence-electron chi connectivity index (χ2n) is 4.35. The first-order valence-electron chi connectivity index (χ1n) is 6.31. The third kappa shape index (κ3) is 4.65. The topological polar surface area (TPSA) is 64.4 Å². The van der Waals surface area contributed by atoms with Crippen LogP contribution in [0.5, 0.6) is 5.75 Å². The normalized spacial score (nSPS) is 11.5. The van der Waals surface area contributed by atoms with Gasteiger partial charge in [0.1, 0.15) is 5.75 Å². The number of rotatable bonds is 6. The minimum Gasteiger partial charge on any atom is -0.491 e. The molecule has 0 spiro atoms. The largest absolute Gasteiger partial charge is 0.491 e. The molecule has 0 saturated heterocycles. The molecule has 0 aromatic heterocycles. The van der Waals surface area contributed by atoms with Crippen molar-refractivity contribution < 1.29 is 9.53 Å². The van der Waals surface area contributed by atoms with Crippen LogP contribution in [-0.2, 0) is 4.79 Å². The Kier molecular flexibility index (Phi) is 5.91. The van der Waals surface area contributed by atoms with Gasteiger partial charge in [0, 0.05) is 6.42 Å². The minimum absolute atomic E-state index is 0.211. The molecule has 0 radical (unpaired) electrons. The van der Waals surface area contributed by atoms with Crippen LogP contribution < -0.4 is 15.8 Å². The molecule has 1 aromatic rings. The summed E-state index contributed by atoms with van der Waals surface area (Å²) in [7, 11) is 0. The molecule has 0 bridgehead atoms. The molecule has 19 heavy (non-hydrogen) atoms. The third-order valence-electron chi connectivity index (χ3n) is 2.53. The molecule has 0 saturated carbocycles. The summed E-state index contributed by atoms with van der Waals surface area (Å²) in [6.45, 7) is 4.59. The number of carbonyl (C=O) groups is 1. The van der Waals surface area contributed by atoms with Gasteiger partial charge in [-0.2, -0.15) is 0 Å². The SMILES string of the molecule is C#CCC(N)C(=O)Nc1ccc(C)cc1OCCC. The van der Waals surface area contributed by atoms with Gasteiger partial charge >= 0.3 is 0 Å². The Bertz CT molecular complexity index is 478. The Morgan fingerprint density at radius 1 is 1.58 bits per heavy atom. The van der Waals surface area contributed by atoms with Crippen LogP contribution in [0, 0.1) is 19.3 Å². The quantitative estimate of drug-likeness (QED) is 0.770. The van der Waals surface area contributed by atoms with E-state index in [1.165, 1.54) is 0 Å². The molecule has 1 amide bonds. The van der Waals surface area contributed by atoms with Crippen LogP contribution in [-0.4, -0.2) is 18.6 Å². The van der Waals surface area contributed by atoms with E-state index < -0.39 is 6.04 Å². The Balaban J connectivity index is 2.82. The molecule has 3 N–H and O–H groups in total. The van der Waals surface area contributed by atoms with E-state index in [9.17, 15) is 4.79 Å². The number of ether oxygens (including phenoxy) is 1. The van der Waals surface area contributed by atoms with Gasteiger partial charge in [0.15, 0.2) is 0 Å². The van der Waals surface area contributed by atoms with Crippen molar-refractivity contribution in [3.8, 4) is 18.1 Å². The molecule has 4 nitrogen and oxygen atoms in total. The lowest BCUT2D eigenvalue weighted by Crippen LogP contribution is -2.35. The first kappa shape index (κ1) is 15.1. The molecular formula is C15H20N2O2. The Morgan fingerprint density at radius 3 is 2.95 bits per heavy atom. The maximum Gasteiger partial charge on any atom is 0.242 e. The molecule has 0 aliphatic carbocycles. The lowest BCUT2D eigenvalue weighted by Gasteiger charge is -2.14. The summed E-state index contributed by atoms with van der Waals surface area (Å²) in [6.07, 6.45) is 6.25. The van der Waals surface area contributed by atoms with Crippen molar-refractivity contribution >= 4 is 11.6 Å². The summed E-state index contributed by atoms with van der Waals surface area (Å²) in [5, 5.41) is 2.75. The number of benzene rings is 1. The predicted octanol–water partition coefficient (Wildman–Crippen LogP) is 2.07. The van der Waals surface area contributed by atoms with E-state index in [4.69, 9.17) is 16.9 Å². The number of nitrogens with two attached hydrogens (primary N) is 1. The van der Waals surface area contributed by atoms with Crippen LogP contribution in [0.1, 0.15) is 25.3 Å². The molecule has 1 atom stereocenters. The van der Waals surface area contributed by atoms with Crippen molar-refractivity contribution in [2.24, 2.45) is 5.73 Å². The van der Waals surface area contributed by atoms with E-state index in [0.717, 1.165) is 12.0 Å². The van der Waals surface area contributed by atoms with E-state index in [0.29, 0.717) is 18.0 Å². The Morgan fingerprint density at radius 2 is 2.32 bits per heavy atom. The van der Waals surface area contributed by atoms with Crippen LogP contribution in [0.3, 0.4) is 0 Å². The van der Waals surface area contributed by atoms with Crippen molar-refractivity contribution in [1.82, 2.24) is 0 Å². The maximum absolute atomic E-state index is 11.8. The molecule has 0 fully saturated rings. The number of hydrogen-bond acceptors (Lipinski definition) is 3. The third-order valence-corrected chi connectivity index (χ3v) is 2.53. The minimum atomic E-state index is -0.703. The van der Waals surface area contributed by atoms with Crippen molar-refractivity contribution in [1.29, 1.82) is 0 Å². The van der Waals surface area contributed by atoms with Crippen molar-refractivity contribution in [3.63, 3.8) is 0 Å². The van der Waals surface area contributed by atoms with Crippen molar-refractivity contribution in [2.75, 3.05) is 11.9 Å². The van der Waals surface area contributed by atoms with E-state index in [1.54, 1.807) is 6.07 Å². The molecule has 102 valence electrons. The fourth-order valence-electron chi connectivity index (χ4n) is 1.51. The number of carbonyl (C=O) groups excluding carboxylic acids is 1. The van der Waals surface area contributed by atoms with E-state index in [1.807, 2.05) is 26.0 Å². The first-order chi connectivity index (χ1) is 9.08. The highest BCUT2D eigenvalue weighted by Gasteiger charge is 2.14. The smallest absolute Gasteiger partial charge is 0.242 e. The number of aryl methyl sites for hydroxylation is 1. The fourth-order valence-corrected chi connectivity index (χ4v) is 1.51. The van der Waals surface area contributed by atoms with Gasteiger partial charge in [0.2, 0.25) is 5.91 Å². The second-order valence-corrected chi connectivity index (χ2v) is 4.35. The first-order valence-corrected chi connectivity index (χ1v) is 6.31. The van der Waals surface area contributed by atoms with Gasteiger partial charge in [0.25, 0.3) is 0 Å². The van der Waals surface area contributed by atoms with Gasteiger partial charge in [-0.1, -0.05) is 13.0 Å². The summed E-state index contributed by atoms with van der Waals surface area (Å²) in [5.41, 5.74) is 7.35. The number of amides is 1. The maximum atomic E-state index is 11.8. The summed E-state index contributed by atoms with van der Waals surface area (Å²) in [5.74, 6) is 2.73. The molecule has 1 rings (SSSR count). The molecule has 4 heteroatoms. The van der Waals surface area contributed by atoms with Gasteiger partial charge in [-0.15, -0.1) is 12.3 Å². The number of anilines is 1. The Hall–Kier alpha value is -1.99. The van der Waals surface area contributed by atoms with Gasteiger partial charge in [-0.3, -0.25) is 4.79 Å². The van der Waals surface area contributed by atoms with Gasteiger partial charge in [-0.05, 0) is 31.0 Å². The second kappa shape index (κ2) is 7.45. The lowest BCUT2D eigenvalue weighted by molar-refractivity contribution is -0.117. The van der Waals surface area contributed by atoms with E-state index >= 15 is 0 Å². The summed E-state index contributed by atoms with van der Waals surface area (Å²) >= 11 is 0. The standard InChI is InChI=1S/C15H20N2O2/c1-4-6-12(16)15(18)17-13-8-7-11(3)10-14(13)19-9-5-2/h1,7-8,10,12H,5-6,9,16H2,2-3H3,(H,17,18). The molecule has 0 heterocycles. The zero-order chi connectivity index (χ0) is 14.3. The van der Waals surface area contributed by atoms with Crippen LogP contribution in [0.25, 0.3) is 0 Å². The predicted molar refractivity (Wildman–Crippen MR) is 77.0 cm³/mol. The average molecular weight is 260 g/mol. The zero-order valence-corrected chi connectivity index (χ0v) is 11.4. The number of hydrogen-bond donors (Lipinski definition) is 2. The van der Waals surface area contributed by atoms with E-state index in [2.05, 4.69) is 11.2 Å². The van der Waals surface area contributed by atoms with Crippen LogP contribution >= 0.6 is 0 Å². The van der Waals surface area contributed by atoms with E-state index in [-0.39, 0.29) is 12.3 Å². The van der Waals surface area contributed by atoms with Gasteiger partial charge in [-0.25, -0.2) is 0 Å². The van der Waals surface area contributed by atoms with Crippen LogP contribution in [0.15, 0.2) is 18.2 Å². The average Bonchev–Trinajstić information content (AvgIpc) is 2.39. The molecule has 0 aliphatic rings. The molecule has 1 unspecified atom stereocenters. The van der Waals surface area contributed by atoms with Crippen molar-refractivity contribution in [3.05, 3.63) is 23.8 Å². The van der Waals surface area contributed by atoms with Crippen molar-refractivity contribution in [2.45, 2.75) is 32.7 Å². The van der Waals surface area contributed by atoms with Crippen LogP contribution in [0.2, 0.25) is 0 Å². The van der Waals surface area contributed by atoms with Gasteiger partial charge < -0.3 is 15.8 Å². The highest BCUT2D eigenvalue weighted by Crippen LogP contribution is 2.26. The molecular weight excluding hydrogens is 240 g/mol. The highest BCUT2D eigenvalue weighted by atomic mass is 16.5. The monoisotopic (exact) mass is 260 g/mol. The van der Waals surface area contributed by atoms with Crippen LogP contribution in [0.4, 0.5) is 5.69 Å². The van der Waals surface area contributed by atoms with Gasteiger partial charge in [0.05, 0.1) is 18.3 Å². The fraction of sp³-hybridized carbons (Fsp3) is 0.400. The zero-order valence-electron chi connectivity index (χ0n) is 11.4. The highest BCUT2D eigenvalue weighted by molar-refractivity contribution is 5.96. The number of nitrogens with one attached hydrogen (secondary N) is 1. The molecule has 0 aliphatic heterocycles. The summed E-state index contributed by atoms with van der Waals surface area (Å²) < 4.78 is 5.61.